The van der Waals surface area contributed by atoms with Crippen LogP contribution in [0.1, 0.15) is 11.3 Å². The van der Waals surface area contributed by atoms with Gasteiger partial charge in [0.05, 0.1) is 21.6 Å². The van der Waals surface area contributed by atoms with E-state index in [1.54, 1.807) is 0 Å². The largest absolute Gasteiger partial charge is 0.455 e. The fourth-order valence-corrected chi connectivity index (χ4v) is 2.69. The number of halogens is 4. The molecular formula is C18H10ClF3N4O5. The molecule has 9 nitrogen and oxygen atoms in total. The van der Waals surface area contributed by atoms with Crippen LogP contribution in [-0.2, 0) is 6.18 Å². The zero-order valence-corrected chi connectivity index (χ0v) is 15.8. The van der Waals surface area contributed by atoms with E-state index < -0.39 is 27.3 Å². The highest BCUT2D eigenvalue weighted by atomic mass is 35.5. The van der Waals surface area contributed by atoms with Gasteiger partial charge in [-0.15, -0.1) is 0 Å². The zero-order chi connectivity index (χ0) is 22.8. The normalized spacial score (nSPS) is 11.6. The number of hydrogen-bond donors (Lipinski definition) is 1. The summed E-state index contributed by atoms with van der Waals surface area (Å²) in [5.74, 6) is 0.441. The van der Waals surface area contributed by atoms with Gasteiger partial charge in [0.25, 0.3) is 11.4 Å². The van der Waals surface area contributed by atoms with Gasteiger partial charge < -0.3 is 4.42 Å². The molecule has 0 fully saturated rings. The summed E-state index contributed by atoms with van der Waals surface area (Å²) in [6, 6.07) is 9.04. The van der Waals surface area contributed by atoms with Crippen molar-refractivity contribution in [2.45, 2.75) is 6.18 Å². The number of furan rings is 1. The maximum Gasteiger partial charge on any atom is 0.416 e. The van der Waals surface area contributed by atoms with E-state index in [1.807, 2.05) is 0 Å². The van der Waals surface area contributed by atoms with Crippen LogP contribution in [0.15, 0.2) is 58.0 Å². The third-order valence-corrected chi connectivity index (χ3v) is 4.27. The van der Waals surface area contributed by atoms with Crippen molar-refractivity contribution in [3.8, 4) is 11.3 Å². The molecule has 13 heteroatoms. The monoisotopic (exact) mass is 454 g/mol. The van der Waals surface area contributed by atoms with Gasteiger partial charge in [0.1, 0.15) is 22.2 Å². The predicted molar refractivity (Wildman–Crippen MR) is 105 cm³/mol. The summed E-state index contributed by atoms with van der Waals surface area (Å²) in [7, 11) is 0. The lowest BCUT2D eigenvalue weighted by Crippen LogP contribution is -2.06. The van der Waals surface area contributed by atoms with Crippen molar-refractivity contribution in [2.24, 2.45) is 5.10 Å². The minimum absolute atomic E-state index is 0.0376. The molecule has 1 N–H and O–H groups in total. The molecule has 0 aliphatic rings. The summed E-state index contributed by atoms with van der Waals surface area (Å²) in [5, 5.41) is 25.7. The van der Waals surface area contributed by atoms with E-state index in [2.05, 4.69) is 10.5 Å². The number of benzene rings is 2. The first-order valence-corrected chi connectivity index (χ1v) is 8.63. The van der Waals surface area contributed by atoms with Crippen LogP contribution in [0, 0.1) is 20.2 Å². The van der Waals surface area contributed by atoms with Crippen molar-refractivity contribution < 1.29 is 27.4 Å². The number of anilines is 1. The molecule has 1 aromatic heterocycles. The SMILES string of the molecule is O=[N+]([O-])c1cc(-c2ccc(/C=N/Nc3ccc(C(F)(F)F)cc3[N+](=O)[O-])o2)ccc1Cl. The highest BCUT2D eigenvalue weighted by molar-refractivity contribution is 6.32. The third-order valence-electron chi connectivity index (χ3n) is 3.95. The van der Waals surface area contributed by atoms with E-state index >= 15 is 0 Å². The highest BCUT2D eigenvalue weighted by Gasteiger charge is 2.33. The van der Waals surface area contributed by atoms with Gasteiger partial charge in [-0.1, -0.05) is 11.6 Å². The minimum Gasteiger partial charge on any atom is -0.455 e. The van der Waals surface area contributed by atoms with Crippen molar-refractivity contribution >= 4 is 34.9 Å². The summed E-state index contributed by atoms with van der Waals surface area (Å²) >= 11 is 5.77. The van der Waals surface area contributed by atoms with E-state index in [-0.39, 0.29) is 27.9 Å². The molecule has 0 unspecified atom stereocenters. The van der Waals surface area contributed by atoms with E-state index in [1.165, 1.54) is 30.3 Å². The summed E-state index contributed by atoms with van der Waals surface area (Å²) < 4.78 is 43.7. The quantitative estimate of drug-likeness (QED) is 0.281. The molecule has 0 atom stereocenters. The number of nitro benzene ring substituents is 2. The summed E-state index contributed by atoms with van der Waals surface area (Å²) in [5.41, 5.74) is 0.144. The summed E-state index contributed by atoms with van der Waals surface area (Å²) in [6.07, 6.45) is -3.59. The van der Waals surface area contributed by atoms with E-state index in [0.717, 1.165) is 12.3 Å². The molecule has 0 radical (unpaired) electrons. The van der Waals surface area contributed by atoms with Crippen molar-refractivity contribution in [1.82, 2.24) is 0 Å². The van der Waals surface area contributed by atoms with Crippen LogP contribution in [-0.4, -0.2) is 16.1 Å². The van der Waals surface area contributed by atoms with Crippen LogP contribution < -0.4 is 5.43 Å². The lowest BCUT2D eigenvalue weighted by Gasteiger charge is -2.08. The number of hydrazone groups is 1. The molecule has 3 aromatic rings. The first-order valence-electron chi connectivity index (χ1n) is 8.25. The summed E-state index contributed by atoms with van der Waals surface area (Å²) in [6.45, 7) is 0. The van der Waals surface area contributed by atoms with Crippen LogP contribution in [0.3, 0.4) is 0 Å². The second-order valence-electron chi connectivity index (χ2n) is 5.98. The Morgan fingerprint density at radius 3 is 2.35 bits per heavy atom. The third kappa shape index (κ3) is 4.98. The molecule has 0 spiro atoms. The number of nitrogens with one attached hydrogen (secondary N) is 1. The lowest BCUT2D eigenvalue weighted by molar-refractivity contribution is -0.384. The molecule has 0 saturated heterocycles. The Labute approximate surface area is 176 Å². The molecule has 0 aliphatic carbocycles. The smallest absolute Gasteiger partial charge is 0.416 e. The average Bonchev–Trinajstić information content (AvgIpc) is 3.16. The van der Waals surface area contributed by atoms with Gasteiger partial charge in [0.15, 0.2) is 0 Å². The molecule has 31 heavy (non-hydrogen) atoms. The fraction of sp³-hybridized carbons (Fsp3) is 0.0556. The van der Waals surface area contributed by atoms with Gasteiger partial charge >= 0.3 is 6.18 Å². The van der Waals surface area contributed by atoms with E-state index in [0.29, 0.717) is 17.7 Å². The van der Waals surface area contributed by atoms with E-state index in [9.17, 15) is 33.4 Å². The first-order chi connectivity index (χ1) is 14.6. The van der Waals surface area contributed by atoms with Crippen molar-refractivity contribution in [2.75, 3.05) is 5.43 Å². The van der Waals surface area contributed by atoms with Gasteiger partial charge in [-0.25, -0.2) is 0 Å². The molecule has 0 bridgehead atoms. The van der Waals surface area contributed by atoms with Crippen molar-refractivity contribution in [3.05, 3.63) is 85.1 Å². The van der Waals surface area contributed by atoms with Crippen LogP contribution in [0.2, 0.25) is 5.02 Å². The van der Waals surface area contributed by atoms with Gasteiger partial charge in [-0.05, 0) is 36.4 Å². The maximum atomic E-state index is 12.7. The molecule has 0 saturated carbocycles. The number of nitrogens with zero attached hydrogens (tertiary/aromatic N) is 3. The van der Waals surface area contributed by atoms with Crippen molar-refractivity contribution in [3.63, 3.8) is 0 Å². The Bertz CT molecular complexity index is 1190. The Morgan fingerprint density at radius 2 is 1.71 bits per heavy atom. The second-order valence-corrected chi connectivity index (χ2v) is 6.39. The van der Waals surface area contributed by atoms with Gasteiger partial charge in [0, 0.05) is 17.7 Å². The molecule has 2 aromatic carbocycles. The molecule has 0 aliphatic heterocycles. The van der Waals surface area contributed by atoms with Crippen LogP contribution in [0.5, 0.6) is 0 Å². The van der Waals surface area contributed by atoms with Gasteiger partial charge in [-0.3, -0.25) is 25.7 Å². The zero-order valence-electron chi connectivity index (χ0n) is 15.1. The Morgan fingerprint density at radius 1 is 1.00 bits per heavy atom. The van der Waals surface area contributed by atoms with Gasteiger partial charge in [-0.2, -0.15) is 18.3 Å². The van der Waals surface area contributed by atoms with Crippen molar-refractivity contribution in [1.29, 1.82) is 0 Å². The standard InChI is InChI=1S/C18H10ClF3N4O5/c19-13-4-1-10(7-15(13)25(27)28)17-6-3-12(31-17)9-23-24-14-5-2-11(18(20,21)22)8-16(14)26(29)30/h1-9,24H/b23-9+. The fourth-order valence-electron chi connectivity index (χ4n) is 2.50. The number of alkyl halides is 3. The summed E-state index contributed by atoms with van der Waals surface area (Å²) in [4.78, 5) is 20.4. The Balaban J connectivity index is 1.79. The lowest BCUT2D eigenvalue weighted by atomic mass is 10.1. The topological polar surface area (TPSA) is 124 Å². The molecule has 0 amide bonds. The molecule has 3 rings (SSSR count). The second kappa shape index (κ2) is 8.44. The van der Waals surface area contributed by atoms with Crippen LogP contribution in [0.25, 0.3) is 11.3 Å². The minimum atomic E-state index is -4.73. The maximum absolute atomic E-state index is 12.7. The molecular weight excluding hydrogens is 445 g/mol. The van der Waals surface area contributed by atoms with E-state index in [4.69, 9.17) is 16.0 Å². The number of rotatable bonds is 6. The molecule has 160 valence electrons. The predicted octanol–water partition coefficient (Wildman–Crippen LogP) is 5.88. The Kier molecular flexibility index (Phi) is 5.92. The number of hydrogen-bond acceptors (Lipinski definition) is 7. The van der Waals surface area contributed by atoms with Crippen LogP contribution in [0.4, 0.5) is 30.2 Å². The highest BCUT2D eigenvalue weighted by Crippen LogP contribution is 2.35. The Hall–Kier alpha value is -3.93. The van der Waals surface area contributed by atoms with Crippen LogP contribution >= 0.6 is 11.6 Å². The molecule has 1 heterocycles. The first kappa shape index (κ1) is 21.8. The van der Waals surface area contributed by atoms with Gasteiger partial charge in [0.2, 0.25) is 0 Å². The average molecular weight is 455 g/mol. The number of nitro groups is 2.